The van der Waals surface area contributed by atoms with Crippen LogP contribution in [0.1, 0.15) is 25.7 Å². The number of esters is 1. The van der Waals surface area contributed by atoms with E-state index in [-0.39, 0.29) is 11.8 Å². The molecule has 3 atom stereocenters. The van der Waals surface area contributed by atoms with Gasteiger partial charge in [0.1, 0.15) is 0 Å². The molecule has 122 valence electrons. The van der Waals surface area contributed by atoms with E-state index in [4.69, 9.17) is 0 Å². The molecule has 0 N–H and O–H groups in total. The lowest BCUT2D eigenvalue weighted by Gasteiger charge is -2.27. The number of hydrogen-bond donors (Lipinski definition) is 0. The van der Waals surface area contributed by atoms with Gasteiger partial charge in [-0.1, -0.05) is 6.42 Å². The summed E-state index contributed by atoms with van der Waals surface area (Å²) in [5.74, 6) is -14.9. The van der Waals surface area contributed by atoms with Crippen molar-refractivity contribution in [1.29, 1.82) is 0 Å². The third-order valence-corrected chi connectivity index (χ3v) is 4.32. The molecule has 2 nitrogen and oxygen atoms in total. The predicted molar refractivity (Wildman–Crippen MR) is 55.8 cm³/mol. The Labute approximate surface area is 115 Å². The van der Waals surface area contributed by atoms with E-state index in [1.807, 2.05) is 0 Å². The van der Waals surface area contributed by atoms with Crippen LogP contribution in [0.15, 0.2) is 0 Å². The van der Waals surface area contributed by atoms with Crippen LogP contribution in [-0.4, -0.2) is 30.6 Å². The van der Waals surface area contributed by atoms with Crippen LogP contribution in [0.3, 0.4) is 0 Å². The van der Waals surface area contributed by atoms with Crippen LogP contribution in [0.25, 0.3) is 0 Å². The fraction of sp³-hybridized carbons (Fsp3) is 0.917. The van der Waals surface area contributed by atoms with Gasteiger partial charge in [-0.15, -0.1) is 0 Å². The Balaban J connectivity index is 1.96. The molecule has 3 unspecified atom stereocenters. The Kier molecular flexibility index (Phi) is 3.90. The molecular weight excluding hydrogens is 309 g/mol. The van der Waals surface area contributed by atoms with Crippen molar-refractivity contribution in [1.82, 2.24) is 0 Å². The number of fused-ring (bicyclic) bond motifs is 2. The summed E-state index contributed by atoms with van der Waals surface area (Å²) in [4.78, 5) is 11.0. The van der Waals surface area contributed by atoms with Crippen molar-refractivity contribution in [3.8, 4) is 0 Å². The molecule has 2 fully saturated rings. The van der Waals surface area contributed by atoms with Gasteiger partial charge in [0.05, 0.1) is 6.61 Å². The summed E-state index contributed by atoms with van der Waals surface area (Å²) >= 11 is 0. The Hall–Kier alpha value is -1.02. The summed E-state index contributed by atoms with van der Waals surface area (Å²) in [5, 5.41) is 0. The molecule has 0 saturated heterocycles. The van der Waals surface area contributed by atoms with Crippen LogP contribution in [-0.2, 0) is 9.53 Å². The van der Waals surface area contributed by atoms with E-state index in [1.54, 1.807) is 0 Å². The van der Waals surface area contributed by atoms with Gasteiger partial charge in [0.25, 0.3) is 0 Å². The Morgan fingerprint density at radius 3 is 2.05 bits per heavy atom. The lowest BCUT2D eigenvalue weighted by Crippen LogP contribution is -2.56. The van der Waals surface area contributed by atoms with E-state index in [9.17, 15) is 35.5 Å². The number of rotatable bonds is 4. The van der Waals surface area contributed by atoms with E-state index >= 15 is 0 Å². The normalized spacial score (nSPS) is 29.8. The lowest BCUT2D eigenvalue weighted by atomic mass is 9.89. The highest BCUT2D eigenvalue weighted by molar-refractivity contribution is 5.79. The zero-order valence-electron chi connectivity index (χ0n) is 10.7. The van der Waals surface area contributed by atoms with E-state index in [0.29, 0.717) is 12.3 Å². The molecule has 0 amide bonds. The Bertz CT molecular complexity index is 418. The van der Waals surface area contributed by atoms with Crippen molar-refractivity contribution in [2.75, 3.05) is 6.61 Å². The molecule has 0 heterocycles. The smallest absolute Gasteiger partial charge is 0.460 e. The van der Waals surface area contributed by atoms with Gasteiger partial charge in [0.2, 0.25) is 0 Å². The lowest BCUT2D eigenvalue weighted by molar-refractivity contribution is -0.348. The maximum absolute atomic E-state index is 13.0. The first-order valence-corrected chi connectivity index (χ1v) is 6.46. The number of hydrogen-bond acceptors (Lipinski definition) is 2. The number of alkyl halides is 7. The predicted octanol–water partition coefficient (Wildman–Crippen LogP) is 3.80. The summed E-state index contributed by atoms with van der Waals surface area (Å²) in [5.41, 5.74) is 0. The molecule has 2 bridgehead atoms. The molecule has 9 heteroatoms. The molecule has 0 aromatic carbocycles. The average molecular weight is 322 g/mol. The summed E-state index contributed by atoms with van der Waals surface area (Å²) in [6, 6.07) is 0. The van der Waals surface area contributed by atoms with Crippen molar-refractivity contribution in [2.45, 2.75) is 43.7 Å². The third-order valence-electron chi connectivity index (χ3n) is 4.32. The molecule has 2 saturated carbocycles. The second-order valence-corrected chi connectivity index (χ2v) is 5.68. The maximum atomic E-state index is 13.0. The molecule has 0 radical (unpaired) electrons. The maximum Gasteiger partial charge on any atom is 0.460 e. The highest BCUT2D eigenvalue weighted by Crippen LogP contribution is 2.49. The first-order valence-electron chi connectivity index (χ1n) is 6.46. The van der Waals surface area contributed by atoms with Gasteiger partial charge in [-0.2, -0.15) is 30.7 Å². The summed E-state index contributed by atoms with van der Waals surface area (Å²) < 4.78 is 91.1. The number of carbonyl (C=O) groups excluding carboxylic acids is 1. The first kappa shape index (κ1) is 16.4. The number of ether oxygens (including phenoxy) is 1. The van der Waals surface area contributed by atoms with Crippen molar-refractivity contribution in [3.63, 3.8) is 0 Å². The van der Waals surface area contributed by atoms with Crippen molar-refractivity contribution in [2.24, 2.45) is 17.8 Å². The molecule has 0 aliphatic heterocycles. The van der Waals surface area contributed by atoms with Gasteiger partial charge >= 0.3 is 24.0 Å². The van der Waals surface area contributed by atoms with Crippen molar-refractivity contribution >= 4 is 5.97 Å². The van der Waals surface area contributed by atoms with Gasteiger partial charge in [0.15, 0.2) is 0 Å². The third kappa shape index (κ3) is 2.70. The highest BCUT2D eigenvalue weighted by Gasteiger charge is 2.77. The SMILES string of the molecule is O=C(OCC1CC2CCC1C2)C(F)(F)C(F)(F)C(F)(F)F. The molecule has 2 aliphatic rings. The molecule has 0 spiro atoms. The minimum absolute atomic E-state index is 0.166. The largest absolute Gasteiger partial charge is 0.461 e. The van der Waals surface area contributed by atoms with Crippen LogP contribution < -0.4 is 0 Å². The van der Waals surface area contributed by atoms with Crippen LogP contribution in [0, 0.1) is 17.8 Å². The van der Waals surface area contributed by atoms with Gasteiger partial charge in [-0.25, -0.2) is 4.79 Å². The summed E-state index contributed by atoms with van der Waals surface area (Å²) in [7, 11) is 0. The van der Waals surface area contributed by atoms with Gasteiger partial charge in [-0.05, 0) is 37.0 Å². The summed E-state index contributed by atoms with van der Waals surface area (Å²) in [6.07, 6.45) is -3.22. The molecule has 2 rings (SSSR count). The first-order chi connectivity index (χ1) is 9.47. The molecule has 0 aromatic heterocycles. The van der Waals surface area contributed by atoms with Crippen LogP contribution in [0.5, 0.6) is 0 Å². The van der Waals surface area contributed by atoms with Crippen LogP contribution in [0.4, 0.5) is 30.7 Å². The highest BCUT2D eigenvalue weighted by atomic mass is 19.4. The minimum Gasteiger partial charge on any atom is -0.461 e. The Morgan fingerprint density at radius 1 is 1.00 bits per heavy atom. The number of halogens is 7. The second-order valence-electron chi connectivity index (χ2n) is 5.68. The minimum atomic E-state index is -6.53. The average Bonchev–Trinajstić information content (AvgIpc) is 2.96. The van der Waals surface area contributed by atoms with E-state index < -0.39 is 30.6 Å². The van der Waals surface area contributed by atoms with Crippen molar-refractivity contribution < 1.29 is 40.3 Å². The quantitative estimate of drug-likeness (QED) is 0.581. The van der Waals surface area contributed by atoms with E-state index in [1.165, 1.54) is 0 Å². The van der Waals surface area contributed by atoms with Crippen molar-refractivity contribution in [3.05, 3.63) is 0 Å². The fourth-order valence-corrected chi connectivity index (χ4v) is 3.16. The number of carbonyl (C=O) groups is 1. The van der Waals surface area contributed by atoms with Crippen LogP contribution >= 0.6 is 0 Å². The summed E-state index contributed by atoms with van der Waals surface area (Å²) in [6.45, 7) is -0.538. The van der Waals surface area contributed by atoms with Gasteiger partial charge in [-0.3, -0.25) is 0 Å². The Morgan fingerprint density at radius 2 is 1.62 bits per heavy atom. The topological polar surface area (TPSA) is 26.3 Å². The zero-order chi connectivity index (χ0) is 16.1. The standard InChI is InChI=1S/C12H13F7O2/c13-10(14,11(15,16)12(17,18)19)9(20)21-5-8-4-6-1-2-7(8)3-6/h6-8H,1-5H2. The molecule has 2 aliphatic carbocycles. The van der Waals surface area contributed by atoms with Crippen LogP contribution in [0.2, 0.25) is 0 Å². The van der Waals surface area contributed by atoms with Gasteiger partial charge < -0.3 is 4.74 Å². The van der Waals surface area contributed by atoms with Gasteiger partial charge in [0, 0.05) is 0 Å². The van der Waals surface area contributed by atoms with E-state index in [0.717, 1.165) is 19.3 Å². The molecular formula is C12H13F7O2. The van der Waals surface area contributed by atoms with E-state index in [2.05, 4.69) is 4.74 Å². The second kappa shape index (κ2) is 5.01. The zero-order valence-corrected chi connectivity index (χ0v) is 10.7. The molecule has 21 heavy (non-hydrogen) atoms. The molecule has 0 aromatic rings. The fourth-order valence-electron chi connectivity index (χ4n) is 3.16. The monoisotopic (exact) mass is 322 g/mol.